The average Bonchev–Trinajstić information content (AvgIpc) is 2.76. The second-order valence-corrected chi connectivity index (χ2v) is 9.81. The van der Waals surface area contributed by atoms with E-state index in [4.69, 9.17) is 38.5 Å². The van der Waals surface area contributed by atoms with Crippen LogP contribution in [0.3, 0.4) is 0 Å². The molecule has 3 aromatic carbocycles. The highest BCUT2D eigenvalue weighted by Crippen LogP contribution is 2.32. The largest absolute Gasteiger partial charge is 0.456 e. The molecule has 0 radical (unpaired) electrons. The number of sulfone groups is 1. The summed E-state index contributed by atoms with van der Waals surface area (Å²) >= 11 is 12.3. The number of benzene rings is 3. The van der Waals surface area contributed by atoms with Crippen LogP contribution in [0.15, 0.2) is 59.5 Å². The van der Waals surface area contributed by atoms with Gasteiger partial charge in [-0.3, -0.25) is 4.79 Å². The van der Waals surface area contributed by atoms with E-state index in [1.807, 2.05) is 12.1 Å². The molecule has 0 heterocycles. The molecule has 7 nitrogen and oxygen atoms in total. The Morgan fingerprint density at radius 1 is 0.970 bits per heavy atom. The number of carbonyl (C=O) groups excluding carboxylic acids is 1. The van der Waals surface area contributed by atoms with Crippen molar-refractivity contribution in [2.75, 3.05) is 11.6 Å². The summed E-state index contributed by atoms with van der Waals surface area (Å²) in [5.41, 5.74) is 1.37. The predicted molar refractivity (Wildman–Crippen MR) is 124 cm³/mol. The van der Waals surface area contributed by atoms with Gasteiger partial charge in [0.15, 0.2) is 9.84 Å². The maximum atomic E-state index is 12.5. The van der Waals surface area contributed by atoms with E-state index in [0.717, 1.165) is 6.26 Å². The highest BCUT2D eigenvalue weighted by molar-refractivity contribution is 7.90. The van der Waals surface area contributed by atoms with E-state index in [2.05, 4.69) is 5.32 Å². The Labute approximate surface area is 200 Å². The monoisotopic (exact) mass is 499 g/mol. The standard InChI is InChI=1S/C23H15Cl2N3O4S/c1-33(30,31)18-3-5-21(20(25)11-18)28-23(29)10-14-2-4-19(24)22(9-14)32-17-7-15(12-26)6-16(8-17)13-27/h2-9,11H,10H2,1H3,(H,28,29). The second-order valence-electron chi connectivity index (χ2n) is 6.98. The number of anilines is 1. The normalized spacial score (nSPS) is 10.7. The van der Waals surface area contributed by atoms with Crippen molar-refractivity contribution in [2.24, 2.45) is 0 Å². The molecule has 33 heavy (non-hydrogen) atoms. The van der Waals surface area contributed by atoms with Crippen molar-refractivity contribution in [3.63, 3.8) is 0 Å². The van der Waals surface area contributed by atoms with Gasteiger partial charge >= 0.3 is 0 Å². The SMILES string of the molecule is CS(=O)(=O)c1ccc(NC(=O)Cc2ccc(Cl)c(Oc3cc(C#N)cc(C#N)c3)c2)c(Cl)c1. The maximum Gasteiger partial charge on any atom is 0.228 e. The topological polar surface area (TPSA) is 120 Å². The number of nitriles is 2. The summed E-state index contributed by atoms with van der Waals surface area (Å²) in [6, 6.07) is 17.1. The summed E-state index contributed by atoms with van der Waals surface area (Å²) in [6.07, 6.45) is 1.02. The van der Waals surface area contributed by atoms with E-state index >= 15 is 0 Å². The molecule has 0 aliphatic carbocycles. The molecule has 0 aliphatic rings. The van der Waals surface area contributed by atoms with Crippen molar-refractivity contribution in [3.8, 4) is 23.6 Å². The predicted octanol–water partition coefficient (Wildman–Crippen LogP) is 5.11. The van der Waals surface area contributed by atoms with Crippen LogP contribution in [0.25, 0.3) is 0 Å². The first kappa shape index (κ1) is 24.1. The van der Waals surface area contributed by atoms with E-state index in [9.17, 15) is 13.2 Å². The zero-order chi connectivity index (χ0) is 24.2. The van der Waals surface area contributed by atoms with Gasteiger partial charge in [-0.2, -0.15) is 10.5 Å². The minimum atomic E-state index is -3.42. The second kappa shape index (κ2) is 9.93. The molecule has 0 fully saturated rings. The molecule has 0 bridgehead atoms. The number of carbonyl (C=O) groups is 1. The van der Waals surface area contributed by atoms with E-state index in [0.29, 0.717) is 5.56 Å². The Bertz CT molecular complexity index is 1410. The molecule has 0 atom stereocenters. The van der Waals surface area contributed by atoms with Crippen molar-refractivity contribution in [1.29, 1.82) is 10.5 Å². The fourth-order valence-electron chi connectivity index (χ4n) is 2.86. The van der Waals surface area contributed by atoms with Gasteiger partial charge in [-0.15, -0.1) is 0 Å². The molecule has 0 saturated carbocycles. The number of hydrogen-bond donors (Lipinski definition) is 1. The molecule has 10 heteroatoms. The van der Waals surface area contributed by atoms with Crippen molar-refractivity contribution in [3.05, 3.63) is 81.3 Å². The van der Waals surface area contributed by atoms with Gasteiger partial charge in [0, 0.05) is 6.26 Å². The fraction of sp³-hybridized carbons (Fsp3) is 0.0870. The zero-order valence-corrected chi connectivity index (χ0v) is 19.4. The fourth-order valence-corrected chi connectivity index (χ4v) is 3.95. The van der Waals surface area contributed by atoms with Gasteiger partial charge in [0.25, 0.3) is 0 Å². The summed E-state index contributed by atoms with van der Waals surface area (Å²) in [4.78, 5) is 12.5. The van der Waals surface area contributed by atoms with Crippen LogP contribution in [-0.4, -0.2) is 20.6 Å². The van der Waals surface area contributed by atoms with E-state index in [-0.39, 0.29) is 49.7 Å². The average molecular weight is 500 g/mol. The Morgan fingerprint density at radius 3 is 2.21 bits per heavy atom. The number of nitrogens with zero attached hydrogens (tertiary/aromatic N) is 2. The van der Waals surface area contributed by atoms with Crippen LogP contribution in [0.4, 0.5) is 5.69 Å². The third kappa shape index (κ3) is 6.24. The molecule has 166 valence electrons. The number of amides is 1. The van der Waals surface area contributed by atoms with Gasteiger partial charge in [0.05, 0.1) is 50.3 Å². The van der Waals surface area contributed by atoms with Crippen LogP contribution in [0.1, 0.15) is 16.7 Å². The molecule has 3 aromatic rings. The molecule has 0 aromatic heterocycles. The summed E-state index contributed by atoms with van der Waals surface area (Å²) in [5, 5.41) is 21.2. The van der Waals surface area contributed by atoms with Crippen molar-refractivity contribution in [1.82, 2.24) is 0 Å². The van der Waals surface area contributed by atoms with Crippen LogP contribution in [-0.2, 0) is 21.1 Å². The van der Waals surface area contributed by atoms with Crippen LogP contribution in [0.5, 0.6) is 11.5 Å². The van der Waals surface area contributed by atoms with Gasteiger partial charge < -0.3 is 10.1 Å². The van der Waals surface area contributed by atoms with Crippen LogP contribution in [0.2, 0.25) is 10.0 Å². The Hall–Kier alpha value is -3.56. The van der Waals surface area contributed by atoms with Gasteiger partial charge in [0.2, 0.25) is 5.91 Å². The van der Waals surface area contributed by atoms with Crippen LogP contribution in [0, 0.1) is 22.7 Å². The third-order valence-corrected chi connectivity index (χ3v) is 6.13. The summed E-state index contributed by atoms with van der Waals surface area (Å²) in [5.74, 6) is 0.110. The lowest BCUT2D eigenvalue weighted by Gasteiger charge is -2.11. The van der Waals surface area contributed by atoms with Crippen molar-refractivity contribution in [2.45, 2.75) is 11.3 Å². The van der Waals surface area contributed by atoms with Crippen molar-refractivity contribution < 1.29 is 17.9 Å². The van der Waals surface area contributed by atoms with Gasteiger partial charge in [-0.25, -0.2) is 8.42 Å². The van der Waals surface area contributed by atoms with Crippen LogP contribution < -0.4 is 10.1 Å². The Kier molecular flexibility index (Phi) is 7.25. The molecule has 1 amide bonds. The first-order chi connectivity index (χ1) is 15.6. The third-order valence-electron chi connectivity index (χ3n) is 4.40. The highest BCUT2D eigenvalue weighted by atomic mass is 35.5. The molecule has 0 unspecified atom stereocenters. The molecule has 0 aliphatic heterocycles. The number of hydrogen-bond acceptors (Lipinski definition) is 6. The van der Waals surface area contributed by atoms with Crippen molar-refractivity contribution >= 4 is 44.6 Å². The summed E-state index contributed by atoms with van der Waals surface area (Å²) in [7, 11) is -3.42. The molecule has 1 N–H and O–H groups in total. The first-order valence-corrected chi connectivity index (χ1v) is 11.9. The Balaban J connectivity index is 1.77. The lowest BCUT2D eigenvalue weighted by molar-refractivity contribution is -0.115. The highest BCUT2D eigenvalue weighted by Gasteiger charge is 2.14. The zero-order valence-electron chi connectivity index (χ0n) is 17.1. The molecular weight excluding hydrogens is 485 g/mol. The van der Waals surface area contributed by atoms with E-state index in [1.54, 1.807) is 18.2 Å². The number of nitrogens with one attached hydrogen (secondary N) is 1. The van der Waals surface area contributed by atoms with Gasteiger partial charge in [-0.1, -0.05) is 29.3 Å². The molecule has 0 saturated heterocycles. The van der Waals surface area contributed by atoms with E-state index < -0.39 is 15.7 Å². The number of rotatable bonds is 6. The lowest BCUT2D eigenvalue weighted by atomic mass is 10.1. The quantitative estimate of drug-likeness (QED) is 0.502. The minimum Gasteiger partial charge on any atom is -0.456 e. The summed E-state index contributed by atoms with van der Waals surface area (Å²) in [6.45, 7) is 0. The smallest absolute Gasteiger partial charge is 0.228 e. The maximum absolute atomic E-state index is 12.5. The Morgan fingerprint density at radius 2 is 1.64 bits per heavy atom. The van der Waals surface area contributed by atoms with E-state index in [1.165, 1.54) is 36.4 Å². The lowest BCUT2D eigenvalue weighted by Crippen LogP contribution is -2.15. The molecule has 3 rings (SSSR count). The van der Waals surface area contributed by atoms with Gasteiger partial charge in [-0.05, 0) is 54.1 Å². The molecular formula is C23H15Cl2N3O4S. The van der Waals surface area contributed by atoms with Crippen LogP contribution >= 0.6 is 23.2 Å². The number of ether oxygens (including phenoxy) is 1. The number of halogens is 2. The minimum absolute atomic E-state index is 0.0423. The first-order valence-electron chi connectivity index (χ1n) is 9.30. The summed E-state index contributed by atoms with van der Waals surface area (Å²) < 4.78 is 29.0. The van der Waals surface area contributed by atoms with Gasteiger partial charge in [0.1, 0.15) is 11.5 Å². The molecule has 0 spiro atoms.